The summed E-state index contributed by atoms with van der Waals surface area (Å²) in [6.45, 7) is 1.63. The monoisotopic (exact) mass is 255 g/mol. The van der Waals surface area contributed by atoms with Crippen LogP contribution in [0.4, 0.5) is 0 Å². The highest BCUT2D eigenvalue weighted by atomic mass is 32.2. The molecule has 1 aliphatic rings. The van der Waals surface area contributed by atoms with Gasteiger partial charge in [-0.05, 0) is 37.5 Å². The molecule has 1 saturated carbocycles. The van der Waals surface area contributed by atoms with Crippen molar-refractivity contribution in [3.8, 4) is 0 Å². The lowest BCUT2D eigenvalue weighted by molar-refractivity contribution is 0.0696. The Morgan fingerprint density at radius 2 is 2.06 bits per heavy atom. The number of aryl methyl sites for hydroxylation is 1. The van der Waals surface area contributed by atoms with Crippen LogP contribution in [-0.2, 0) is 10.0 Å². The fourth-order valence-electron chi connectivity index (χ4n) is 1.49. The maximum Gasteiger partial charge on any atom is 0.335 e. The van der Waals surface area contributed by atoms with Gasteiger partial charge in [0.05, 0.1) is 10.5 Å². The second-order valence-electron chi connectivity index (χ2n) is 4.18. The molecule has 0 unspecified atom stereocenters. The van der Waals surface area contributed by atoms with Crippen LogP contribution in [0.1, 0.15) is 28.8 Å². The van der Waals surface area contributed by atoms with Crippen molar-refractivity contribution in [2.45, 2.75) is 30.7 Å². The summed E-state index contributed by atoms with van der Waals surface area (Å²) in [5.41, 5.74) is 0.562. The van der Waals surface area contributed by atoms with Gasteiger partial charge in [0.1, 0.15) is 0 Å². The molecule has 0 spiro atoms. The molecule has 5 nitrogen and oxygen atoms in total. The van der Waals surface area contributed by atoms with Crippen LogP contribution >= 0.6 is 0 Å². The minimum Gasteiger partial charge on any atom is -0.478 e. The Morgan fingerprint density at radius 3 is 2.59 bits per heavy atom. The quantitative estimate of drug-likeness (QED) is 0.845. The van der Waals surface area contributed by atoms with E-state index in [0.717, 1.165) is 12.8 Å². The van der Waals surface area contributed by atoms with E-state index in [9.17, 15) is 13.2 Å². The van der Waals surface area contributed by atoms with Crippen LogP contribution in [0.3, 0.4) is 0 Å². The van der Waals surface area contributed by atoms with Gasteiger partial charge in [0.2, 0.25) is 10.0 Å². The number of sulfonamides is 1. The molecule has 6 heteroatoms. The molecule has 0 aromatic heterocycles. The number of hydrogen-bond donors (Lipinski definition) is 2. The molecule has 17 heavy (non-hydrogen) atoms. The Bertz CT molecular complexity index is 561. The number of nitrogens with one attached hydrogen (secondary N) is 1. The van der Waals surface area contributed by atoms with E-state index in [-0.39, 0.29) is 16.5 Å². The lowest BCUT2D eigenvalue weighted by Gasteiger charge is -2.07. The smallest absolute Gasteiger partial charge is 0.335 e. The first-order valence-electron chi connectivity index (χ1n) is 5.26. The van der Waals surface area contributed by atoms with Crippen LogP contribution in [0.5, 0.6) is 0 Å². The van der Waals surface area contributed by atoms with Crippen LogP contribution < -0.4 is 4.72 Å². The van der Waals surface area contributed by atoms with Crippen molar-refractivity contribution in [3.63, 3.8) is 0 Å². The summed E-state index contributed by atoms with van der Waals surface area (Å²) in [7, 11) is -3.58. The third-order valence-electron chi connectivity index (χ3n) is 2.65. The molecule has 0 bridgehead atoms. The number of carboxylic acid groups (broad SMARTS) is 1. The van der Waals surface area contributed by atoms with Crippen LogP contribution in [0.25, 0.3) is 0 Å². The van der Waals surface area contributed by atoms with Gasteiger partial charge in [-0.2, -0.15) is 0 Å². The molecule has 0 saturated heterocycles. The topological polar surface area (TPSA) is 83.5 Å². The zero-order chi connectivity index (χ0) is 12.6. The van der Waals surface area contributed by atoms with Crippen LogP contribution in [0, 0.1) is 6.92 Å². The van der Waals surface area contributed by atoms with Crippen molar-refractivity contribution < 1.29 is 18.3 Å². The van der Waals surface area contributed by atoms with Crippen molar-refractivity contribution in [2.24, 2.45) is 0 Å². The summed E-state index contributed by atoms with van der Waals surface area (Å²) in [6, 6.07) is 4.13. The van der Waals surface area contributed by atoms with E-state index in [0.29, 0.717) is 5.56 Å². The molecule has 0 aliphatic heterocycles. The number of hydrogen-bond acceptors (Lipinski definition) is 3. The molecule has 1 aromatic carbocycles. The molecule has 2 rings (SSSR count). The van der Waals surface area contributed by atoms with E-state index in [2.05, 4.69) is 4.72 Å². The molecular weight excluding hydrogens is 242 g/mol. The SMILES string of the molecule is Cc1ccc(S(=O)(=O)NC2CC2)cc1C(=O)O. The zero-order valence-electron chi connectivity index (χ0n) is 9.30. The molecular formula is C11H13NO4S. The maximum atomic E-state index is 11.9. The van der Waals surface area contributed by atoms with Crippen LogP contribution in [0.2, 0.25) is 0 Å². The standard InChI is InChI=1S/C11H13NO4S/c1-7-2-5-9(6-10(7)11(13)14)17(15,16)12-8-3-4-8/h2,5-6,8,12H,3-4H2,1H3,(H,13,14). The fourth-order valence-corrected chi connectivity index (χ4v) is 2.82. The first-order valence-corrected chi connectivity index (χ1v) is 6.75. The molecule has 0 atom stereocenters. The highest BCUT2D eigenvalue weighted by Gasteiger charge is 2.28. The summed E-state index contributed by atoms with van der Waals surface area (Å²) in [5, 5.41) is 8.93. The third-order valence-corrected chi connectivity index (χ3v) is 4.17. The Labute approximate surface area is 99.5 Å². The van der Waals surface area contributed by atoms with Crippen molar-refractivity contribution in [3.05, 3.63) is 29.3 Å². The van der Waals surface area contributed by atoms with Crippen molar-refractivity contribution in [1.29, 1.82) is 0 Å². The van der Waals surface area contributed by atoms with Gasteiger partial charge in [0.25, 0.3) is 0 Å². The Hall–Kier alpha value is -1.40. The first-order chi connectivity index (χ1) is 7.90. The minimum absolute atomic E-state index is 0.00685. The molecule has 0 amide bonds. The van der Waals surface area contributed by atoms with Crippen molar-refractivity contribution in [1.82, 2.24) is 4.72 Å². The number of benzene rings is 1. The predicted octanol–water partition coefficient (Wildman–Crippen LogP) is 1.13. The van der Waals surface area contributed by atoms with E-state index in [4.69, 9.17) is 5.11 Å². The zero-order valence-corrected chi connectivity index (χ0v) is 10.1. The minimum atomic E-state index is -3.58. The fraction of sp³-hybridized carbons (Fsp3) is 0.364. The van der Waals surface area contributed by atoms with Crippen molar-refractivity contribution >= 4 is 16.0 Å². The highest BCUT2D eigenvalue weighted by molar-refractivity contribution is 7.89. The Morgan fingerprint density at radius 1 is 1.41 bits per heavy atom. The second-order valence-corrected chi connectivity index (χ2v) is 5.89. The largest absolute Gasteiger partial charge is 0.478 e. The van der Waals surface area contributed by atoms with Gasteiger partial charge in [0, 0.05) is 6.04 Å². The lowest BCUT2D eigenvalue weighted by Crippen LogP contribution is -2.26. The molecule has 1 fully saturated rings. The summed E-state index contributed by atoms with van der Waals surface area (Å²) in [5.74, 6) is -1.12. The summed E-state index contributed by atoms with van der Waals surface area (Å²) >= 11 is 0. The van der Waals surface area contributed by atoms with E-state index in [1.54, 1.807) is 6.92 Å². The number of carboxylic acids is 1. The third kappa shape index (κ3) is 2.65. The maximum absolute atomic E-state index is 11.9. The van der Waals surface area contributed by atoms with Crippen LogP contribution in [-0.4, -0.2) is 25.5 Å². The van der Waals surface area contributed by atoms with Crippen LogP contribution in [0.15, 0.2) is 23.1 Å². The van der Waals surface area contributed by atoms with Gasteiger partial charge in [0.15, 0.2) is 0 Å². The predicted molar refractivity (Wildman–Crippen MR) is 61.5 cm³/mol. The molecule has 2 N–H and O–H groups in total. The summed E-state index contributed by atoms with van der Waals surface area (Å²) in [4.78, 5) is 10.9. The van der Waals surface area contributed by atoms with Gasteiger partial charge in [-0.3, -0.25) is 0 Å². The molecule has 0 radical (unpaired) electrons. The molecule has 1 aromatic rings. The normalized spacial score (nSPS) is 15.8. The number of rotatable bonds is 4. The van der Waals surface area contributed by atoms with Gasteiger partial charge >= 0.3 is 5.97 Å². The average molecular weight is 255 g/mol. The Kier molecular flexibility index (Phi) is 2.92. The van der Waals surface area contributed by atoms with E-state index in [1.165, 1.54) is 18.2 Å². The lowest BCUT2D eigenvalue weighted by atomic mass is 10.1. The average Bonchev–Trinajstić information content (AvgIpc) is 3.00. The Balaban J connectivity index is 2.38. The van der Waals surface area contributed by atoms with E-state index >= 15 is 0 Å². The molecule has 1 aliphatic carbocycles. The summed E-state index contributed by atoms with van der Waals surface area (Å²) < 4.78 is 26.2. The van der Waals surface area contributed by atoms with Gasteiger partial charge in [-0.25, -0.2) is 17.9 Å². The van der Waals surface area contributed by atoms with Gasteiger partial charge in [-0.1, -0.05) is 6.07 Å². The van der Waals surface area contributed by atoms with Gasteiger partial charge < -0.3 is 5.11 Å². The molecule has 0 heterocycles. The number of aromatic carboxylic acids is 1. The van der Waals surface area contributed by atoms with E-state index in [1.807, 2.05) is 0 Å². The van der Waals surface area contributed by atoms with Crippen molar-refractivity contribution in [2.75, 3.05) is 0 Å². The number of carbonyl (C=O) groups is 1. The van der Waals surface area contributed by atoms with E-state index < -0.39 is 16.0 Å². The van der Waals surface area contributed by atoms with Gasteiger partial charge in [-0.15, -0.1) is 0 Å². The highest BCUT2D eigenvalue weighted by Crippen LogP contribution is 2.23. The summed E-state index contributed by atoms with van der Waals surface area (Å²) in [6.07, 6.45) is 1.69. The first kappa shape index (κ1) is 12.1. The second kappa shape index (κ2) is 4.12. The molecule has 92 valence electrons.